The molecule has 2 N–H and O–H groups in total. The van der Waals surface area contributed by atoms with Crippen LogP contribution in [0.5, 0.6) is 0 Å². The molecular weight excluding hydrogens is 412 g/mol. The van der Waals surface area contributed by atoms with E-state index in [9.17, 15) is 9.59 Å². The molecule has 1 aliphatic heterocycles. The Morgan fingerprint density at radius 3 is 2.36 bits per heavy atom. The van der Waals surface area contributed by atoms with Gasteiger partial charge in [0.05, 0.1) is 11.6 Å². The van der Waals surface area contributed by atoms with Gasteiger partial charge in [0.15, 0.2) is 0 Å². The smallest absolute Gasteiger partial charge is 0.342 e. The third kappa shape index (κ3) is 3.09. The number of hydrogen-bond donors (Lipinski definition) is 2. The number of amides is 1. The van der Waals surface area contributed by atoms with E-state index in [0.717, 1.165) is 38.5 Å². The number of hydrogen-bond acceptors (Lipinski definition) is 4. The van der Waals surface area contributed by atoms with E-state index in [1.165, 1.54) is 6.92 Å². The Balaban J connectivity index is 1.65. The van der Waals surface area contributed by atoms with Gasteiger partial charge in [-0.1, -0.05) is 60.7 Å². The van der Waals surface area contributed by atoms with Crippen molar-refractivity contribution in [2.45, 2.75) is 13.0 Å². The lowest BCUT2D eigenvalue weighted by molar-refractivity contribution is -0.114. The van der Waals surface area contributed by atoms with E-state index in [1.807, 2.05) is 60.7 Å². The number of fused-ring (bicyclic) bond motifs is 7. The first-order valence-electron chi connectivity index (χ1n) is 10.8. The highest BCUT2D eigenvalue weighted by atomic mass is 16.4. The van der Waals surface area contributed by atoms with Crippen LogP contribution in [0, 0.1) is 0 Å². The van der Waals surface area contributed by atoms with Crippen LogP contribution >= 0.6 is 0 Å². The molecule has 160 valence electrons. The minimum absolute atomic E-state index is 0.128. The first-order valence-corrected chi connectivity index (χ1v) is 10.8. The Morgan fingerprint density at radius 1 is 0.848 bits per heavy atom. The number of carbonyl (C=O) groups is 1. The van der Waals surface area contributed by atoms with Gasteiger partial charge in [0.2, 0.25) is 5.91 Å². The number of carbonyl (C=O) groups excluding carboxylic acids is 1. The van der Waals surface area contributed by atoms with Crippen LogP contribution in [0.4, 0.5) is 11.4 Å². The standard InChI is InChI=1S/C28H20N2O3/c1-16(31)29-19-13-10-18(11-14-19)27-26-25(21-8-4-5-9-23(21)33-28(26)32)24-20-7-3-2-6-17(20)12-15-22(24)30-27/h2-15,27,30H,1H3,(H,29,31)/t27-/m0/s1. The molecule has 0 radical (unpaired) electrons. The molecule has 1 amide bonds. The molecule has 2 heterocycles. The van der Waals surface area contributed by atoms with Gasteiger partial charge in [-0.3, -0.25) is 4.79 Å². The Bertz CT molecular complexity index is 1620. The average Bonchev–Trinajstić information content (AvgIpc) is 2.83. The summed E-state index contributed by atoms with van der Waals surface area (Å²) in [5, 5.41) is 9.47. The second-order valence-electron chi connectivity index (χ2n) is 8.26. The molecule has 5 nitrogen and oxygen atoms in total. The molecule has 5 heteroatoms. The minimum Gasteiger partial charge on any atom is -0.422 e. The van der Waals surface area contributed by atoms with Crippen molar-refractivity contribution in [2.24, 2.45) is 0 Å². The zero-order chi connectivity index (χ0) is 22.5. The SMILES string of the molecule is CC(=O)Nc1ccc([C@@H]2Nc3ccc4ccccc4c3-c3c2c(=O)oc2ccccc32)cc1. The number of para-hydroxylation sites is 1. The van der Waals surface area contributed by atoms with Gasteiger partial charge in [0.1, 0.15) is 5.58 Å². The van der Waals surface area contributed by atoms with E-state index in [-0.39, 0.29) is 17.6 Å². The predicted molar refractivity (Wildman–Crippen MR) is 132 cm³/mol. The maximum atomic E-state index is 13.4. The number of rotatable bonds is 2. The van der Waals surface area contributed by atoms with E-state index in [0.29, 0.717) is 16.8 Å². The van der Waals surface area contributed by atoms with Crippen molar-refractivity contribution in [1.29, 1.82) is 0 Å². The highest BCUT2D eigenvalue weighted by molar-refractivity contribution is 6.11. The highest BCUT2D eigenvalue weighted by Gasteiger charge is 2.32. The quantitative estimate of drug-likeness (QED) is 0.331. The largest absolute Gasteiger partial charge is 0.422 e. The van der Waals surface area contributed by atoms with Crippen LogP contribution in [0.3, 0.4) is 0 Å². The summed E-state index contributed by atoms with van der Waals surface area (Å²) in [5.74, 6) is -0.128. The second-order valence-corrected chi connectivity index (χ2v) is 8.26. The van der Waals surface area contributed by atoms with Gasteiger partial charge in [-0.15, -0.1) is 0 Å². The third-order valence-corrected chi connectivity index (χ3v) is 6.18. The lowest BCUT2D eigenvalue weighted by Crippen LogP contribution is -2.25. The molecule has 0 unspecified atom stereocenters. The molecule has 4 aromatic carbocycles. The summed E-state index contributed by atoms with van der Waals surface area (Å²) in [6.45, 7) is 1.48. The van der Waals surface area contributed by atoms with E-state index in [2.05, 4.69) is 34.9 Å². The van der Waals surface area contributed by atoms with Crippen LogP contribution in [0.15, 0.2) is 94.1 Å². The van der Waals surface area contributed by atoms with Crippen LogP contribution in [0.2, 0.25) is 0 Å². The summed E-state index contributed by atoms with van der Waals surface area (Å²) in [5.41, 5.74) is 5.30. The van der Waals surface area contributed by atoms with Crippen molar-refractivity contribution in [3.8, 4) is 11.1 Å². The van der Waals surface area contributed by atoms with Gasteiger partial charge in [0, 0.05) is 34.8 Å². The van der Waals surface area contributed by atoms with Crippen molar-refractivity contribution in [1.82, 2.24) is 0 Å². The predicted octanol–water partition coefficient (Wildman–Crippen LogP) is 6.09. The van der Waals surface area contributed by atoms with E-state index < -0.39 is 0 Å². The number of benzene rings is 4. The molecule has 0 bridgehead atoms. The molecule has 1 atom stereocenters. The Labute approximate surface area is 189 Å². The molecular formula is C28H20N2O3. The summed E-state index contributed by atoms with van der Waals surface area (Å²) in [4.78, 5) is 24.8. The van der Waals surface area contributed by atoms with Crippen LogP contribution in [0.1, 0.15) is 24.1 Å². The fourth-order valence-corrected chi connectivity index (χ4v) is 4.80. The molecule has 0 spiro atoms. The summed E-state index contributed by atoms with van der Waals surface area (Å²) in [6.07, 6.45) is 0. The normalized spacial score (nSPS) is 14.4. The van der Waals surface area contributed by atoms with Crippen LogP contribution in [-0.2, 0) is 4.79 Å². The van der Waals surface area contributed by atoms with E-state index in [1.54, 1.807) is 0 Å². The molecule has 5 aromatic rings. The Morgan fingerprint density at radius 2 is 1.58 bits per heavy atom. The lowest BCUT2D eigenvalue weighted by atomic mass is 9.83. The summed E-state index contributed by atoms with van der Waals surface area (Å²) < 4.78 is 5.76. The summed E-state index contributed by atoms with van der Waals surface area (Å²) >= 11 is 0. The molecule has 6 rings (SSSR count). The van der Waals surface area contributed by atoms with Gasteiger partial charge in [-0.05, 0) is 40.6 Å². The Kier molecular flexibility index (Phi) is 4.30. The molecule has 1 aromatic heterocycles. The maximum Gasteiger partial charge on any atom is 0.342 e. The van der Waals surface area contributed by atoms with Crippen molar-refractivity contribution in [3.05, 3.63) is 106 Å². The molecule has 0 saturated heterocycles. The fourth-order valence-electron chi connectivity index (χ4n) is 4.80. The average molecular weight is 432 g/mol. The first-order chi connectivity index (χ1) is 16.1. The van der Waals surface area contributed by atoms with Crippen LogP contribution in [0.25, 0.3) is 32.9 Å². The molecule has 0 aliphatic carbocycles. The zero-order valence-electron chi connectivity index (χ0n) is 17.9. The minimum atomic E-state index is -0.388. The summed E-state index contributed by atoms with van der Waals surface area (Å²) in [7, 11) is 0. The maximum absolute atomic E-state index is 13.4. The first kappa shape index (κ1) is 19.3. The van der Waals surface area contributed by atoms with E-state index in [4.69, 9.17) is 4.42 Å². The van der Waals surface area contributed by atoms with Crippen molar-refractivity contribution >= 4 is 39.0 Å². The summed E-state index contributed by atoms with van der Waals surface area (Å²) in [6, 6.07) is 27.2. The topological polar surface area (TPSA) is 71.3 Å². The van der Waals surface area contributed by atoms with Crippen molar-refractivity contribution in [2.75, 3.05) is 10.6 Å². The van der Waals surface area contributed by atoms with Gasteiger partial charge in [-0.2, -0.15) is 0 Å². The molecule has 1 aliphatic rings. The zero-order valence-corrected chi connectivity index (χ0v) is 17.9. The molecule has 0 saturated carbocycles. The number of nitrogens with one attached hydrogen (secondary N) is 2. The third-order valence-electron chi connectivity index (χ3n) is 6.18. The molecule has 0 fully saturated rings. The highest BCUT2D eigenvalue weighted by Crippen LogP contribution is 2.47. The fraction of sp³-hybridized carbons (Fsp3) is 0.0714. The van der Waals surface area contributed by atoms with Crippen LogP contribution in [-0.4, -0.2) is 5.91 Å². The van der Waals surface area contributed by atoms with Crippen molar-refractivity contribution < 1.29 is 9.21 Å². The van der Waals surface area contributed by atoms with Gasteiger partial charge in [0.25, 0.3) is 0 Å². The van der Waals surface area contributed by atoms with Gasteiger partial charge in [-0.25, -0.2) is 4.79 Å². The lowest BCUT2D eigenvalue weighted by Gasteiger charge is -2.30. The second kappa shape index (κ2) is 7.35. The van der Waals surface area contributed by atoms with Gasteiger partial charge >= 0.3 is 5.63 Å². The van der Waals surface area contributed by atoms with Gasteiger partial charge < -0.3 is 15.1 Å². The molecule has 33 heavy (non-hydrogen) atoms. The van der Waals surface area contributed by atoms with Crippen molar-refractivity contribution in [3.63, 3.8) is 0 Å². The monoisotopic (exact) mass is 432 g/mol. The van der Waals surface area contributed by atoms with E-state index >= 15 is 0 Å². The van der Waals surface area contributed by atoms with Crippen LogP contribution < -0.4 is 16.3 Å². The Hall–Kier alpha value is -4.38. The number of anilines is 2.